The van der Waals surface area contributed by atoms with E-state index in [2.05, 4.69) is 32.5 Å². The van der Waals surface area contributed by atoms with Crippen LogP contribution in [0.5, 0.6) is 0 Å². The summed E-state index contributed by atoms with van der Waals surface area (Å²) >= 11 is 6.65. The van der Waals surface area contributed by atoms with Crippen LogP contribution in [0.2, 0.25) is 5.15 Å². The zero-order valence-electron chi connectivity index (χ0n) is 18.6. The van der Waals surface area contributed by atoms with Crippen LogP contribution in [0.15, 0.2) is 47.5 Å². The lowest BCUT2D eigenvalue weighted by atomic mass is 10.0. The van der Waals surface area contributed by atoms with Crippen molar-refractivity contribution in [3.05, 3.63) is 69.6 Å². The summed E-state index contributed by atoms with van der Waals surface area (Å²) in [6.45, 7) is 8.52. The van der Waals surface area contributed by atoms with Crippen LogP contribution in [0.3, 0.4) is 0 Å². The maximum Gasteiger partial charge on any atom is 0.330 e. The Balaban J connectivity index is 1.69. The highest BCUT2D eigenvalue weighted by molar-refractivity contribution is 6.30. The molecule has 0 aliphatic carbocycles. The highest BCUT2D eigenvalue weighted by Crippen LogP contribution is 2.29. The van der Waals surface area contributed by atoms with Crippen molar-refractivity contribution in [2.45, 2.75) is 52.6 Å². The van der Waals surface area contributed by atoms with E-state index in [4.69, 9.17) is 11.6 Å². The minimum absolute atomic E-state index is 0.0811. The zero-order valence-corrected chi connectivity index (χ0v) is 19.4. The molecule has 166 valence electrons. The molecule has 0 amide bonds. The Labute approximate surface area is 191 Å². The standard InChI is InChI=1S/C23H26ClN7O/c1-5-6-19-20(24)31(23(2,3)4)22(32)30(19)14-15-7-9-16(10-8-15)18-13-25-12-11-17(18)21-26-28-29-27-21/h7-13H,5-6,14H2,1-4H3,(H,26,27,28,29). The topological polar surface area (TPSA) is 94.3 Å². The average Bonchev–Trinajstić information content (AvgIpc) is 3.37. The number of nitrogens with zero attached hydrogens (tertiary/aromatic N) is 6. The van der Waals surface area contributed by atoms with Gasteiger partial charge in [0.25, 0.3) is 0 Å². The third kappa shape index (κ3) is 4.10. The zero-order chi connectivity index (χ0) is 22.9. The van der Waals surface area contributed by atoms with E-state index in [0.29, 0.717) is 17.5 Å². The fourth-order valence-electron chi connectivity index (χ4n) is 3.86. The van der Waals surface area contributed by atoms with E-state index in [0.717, 1.165) is 40.8 Å². The van der Waals surface area contributed by atoms with Crippen molar-refractivity contribution in [3.63, 3.8) is 0 Å². The van der Waals surface area contributed by atoms with Gasteiger partial charge in [-0.3, -0.25) is 14.1 Å². The largest absolute Gasteiger partial charge is 0.330 e. The van der Waals surface area contributed by atoms with Crippen molar-refractivity contribution in [3.8, 4) is 22.5 Å². The Morgan fingerprint density at radius 1 is 1.09 bits per heavy atom. The maximum absolute atomic E-state index is 13.2. The van der Waals surface area contributed by atoms with Gasteiger partial charge in [-0.2, -0.15) is 0 Å². The maximum atomic E-state index is 13.2. The van der Waals surface area contributed by atoms with Gasteiger partial charge in [0.15, 0.2) is 5.82 Å². The van der Waals surface area contributed by atoms with E-state index in [-0.39, 0.29) is 5.69 Å². The molecule has 3 aromatic heterocycles. The van der Waals surface area contributed by atoms with Crippen LogP contribution in [0.1, 0.15) is 45.4 Å². The third-order valence-corrected chi connectivity index (χ3v) is 5.75. The number of hydrogen-bond acceptors (Lipinski definition) is 5. The third-order valence-electron chi connectivity index (χ3n) is 5.37. The van der Waals surface area contributed by atoms with Crippen LogP contribution >= 0.6 is 11.6 Å². The van der Waals surface area contributed by atoms with Gasteiger partial charge < -0.3 is 0 Å². The van der Waals surface area contributed by atoms with E-state index in [1.54, 1.807) is 21.5 Å². The Kier molecular flexibility index (Phi) is 5.97. The molecule has 1 aromatic carbocycles. The molecule has 0 radical (unpaired) electrons. The van der Waals surface area contributed by atoms with Crippen LogP contribution in [0, 0.1) is 0 Å². The number of hydrogen-bond donors (Lipinski definition) is 1. The van der Waals surface area contributed by atoms with Crippen molar-refractivity contribution < 1.29 is 0 Å². The number of benzene rings is 1. The SMILES string of the molecule is CCCc1c(Cl)n(C(C)(C)C)c(=O)n1Cc1ccc(-c2cnccc2-c2nnn[nH]2)cc1. The van der Waals surface area contributed by atoms with E-state index < -0.39 is 5.54 Å². The number of rotatable bonds is 6. The minimum Gasteiger partial charge on any atom is -0.290 e. The molecule has 9 heteroatoms. The highest BCUT2D eigenvalue weighted by atomic mass is 35.5. The molecule has 32 heavy (non-hydrogen) atoms. The number of halogens is 1. The lowest BCUT2D eigenvalue weighted by Gasteiger charge is -2.20. The first-order chi connectivity index (χ1) is 15.3. The summed E-state index contributed by atoms with van der Waals surface area (Å²) in [5, 5.41) is 14.7. The van der Waals surface area contributed by atoms with Gasteiger partial charge in [0.05, 0.1) is 12.2 Å². The van der Waals surface area contributed by atoms with Crippen LogP contribution in [0.25, 0.3) is 22.5 Å². The number of H-pyrrole nitrogens is 1. The molecule has 0 aliphatic heterocycles. The van der Waals surface area contributed by atoms with Crippen LogP contribution < -0.4 is 5.69 Å². The first-order valence-electron chi connectivity index (χ1n) is 10.6. The molecule has 4 rings (SSSR count). The number of nitrogens with one attached hydrogen (secondary N) is 1. The monoisotopic (exact) mass is 451 g/mol. The van der Waals surface area contributed by atoms with Gasteiger partial charge >= 0.3 is 5.69 Å². The van der Waals surface area contributed by atoms with Gasteiger partial charge in [0, 0.05) is 29.1 Å². The van der Waals surface area contributed by atoms with E-state index in [1.807, 2.05) is 51.1 Å². The smallest absolute Gasteiger partial charge is 0.290 e. The minimum atomic E-state index is -0.391. The second kappa shape index (κ2) is 8.70. The van der Waals surface area contributed by atoms with Gasteiger partial charge in [-0.1, -0.05) is 49.2 Å². The number of aromatic amines is 1. The molecule has 8 nitrogen and oxygen atoms in total. The second-order valence-electron chi connectivity index (χ2n) is 8.73. The predicted molar refractivity (Wildman–Crippen MR) is 125 cm³/mol. The summed E-state index contributed by atoms with van der Waals surface area (Å²) in [7, 11) is 0. The van der Waals surface area contributed by atoms with Gasteiger partial charge in [-0.25, -0.2) is 9.89 Å². The summed E-state index contributed by atoms with van der Waals surface area (Å²) < 4.78 is 3.48. The average molecular weight is 452 g/mol. The second-order valence-corrected chi connectivity index (χ2v) is 9.09. The molecule has 0 spiro atoms. The summed E-state index contributed by atoms with van der Waals surface area (Å²) in [6.07, 6.45) is 5.16. The summed E-state index contributed by atoms with van der Waals surface area (Å²) in [6, 6.07) is 9.96. The fraction of sp³-hybridized carbons (Fsp3) is 0.348. The number of tetrazole rings is 1. The van der Waals surface area contributed by atoms with Crippen molar-refractivity contribution in [2.75, 3.05) is 0 Å². The van der Waals surface area contributed by atoms with E-state index in [1.165, 1.54) is 0 Å². The Hall–Kier alpha value is -3.26. The van der Waals surface area contributed by atoms with Crippen molar-refractivity contribution in [1.29, 1.82) is 0 Å². The molecule has 0 saturated carbocycles. The van der Waals surface area contributed by atoms with Crippen LogP contribution in [0.4, 0.5) is 0 Å². The molecule has 0 saturated heterocycles. The van der Waals surface area contributed by atoms with E-state index in [9.17, 15) is 4.79 Å². The number of aromatic nitrogens is 7. The molecule has 0 fully saturated rings. The molecule has 4 aromatic rings. The molecular weight excluding hydrogens is 426 g/mol. The molecule has 0 atom stereocenters. The van der Waals surface area contributed by atoms with Gasteiger partial charge in [-0.05, 0) is 54.8 Å². The van der Waals surface area contributed by atoms with Crippen molar-refractivity contribution in [1.82, 2.24) is 34.7 Å². The Morgan fingerprint density at radius 2 is 1.84 bits per heavy atom. The van der Waals surface area contributed by atoms with Crippen molar-refractivity contribution >= 4 is 11.6 Å². The summed E-state index contributed by atoms with van der Waals surface area (Å²) in [4.78, 5) is 17.5. The van der Waals surface area contributed by atoms with Crippen LogP contribution in [-0.4, -0.2) is 34.7 Å². The molecule has 0 unspecified atom stereocenters. The fourth-order valence-corrected chi connectivity index (χ4v) is 4.38. The molecule has 0 aliphatic rings. The van der Waals surface area contributed by atoms with Gasteiger partial charge in [0.1, 0.15) is 5.15 Å². The summed E-state index contributed by atoms with van der Waals surface area (Å²) in [5.41, 5.74) is 4.20. The lowest BCUT2D eigenvalue weighted by molar-refractivity contribution is 0.380. The molecular formula is C23H26ClN7O. The molecule has 1 N–H and O–H groups in total. The van der Waals surface area contributed by atoms with Crippen LogP contribution in [-0.2, 0) is 18.5 Å². The quantitative estimate of drug-likeness (QED) is 0.471. The summed E-state index contributed by atoms with van der Waals surface area (Å²) in [5.74, 6) is 0.584. The normalized spacial score (nSPS) is 11.8. The molecule has 3 heterocycles. The molecule has 0 bridgehead atoms. The number of pyridine rings is 1. The van der Waals surface area contributed by atoms with Crippen molar-refractivity contribution in [2.24, 2.45) is 0 Å². The first kappa shape index (κ1) is 22.0. The first-order valence-corrected chi connectivity index (χ1v) is 11.0. The lowest BCUT2D eigenvalue weighted by Crippen LogP contribution is -2.35. The Bertz CT molecular complexity index is 1270. The predicted octanol–water partition coefficient (Wildman–Crippen LogP) is 4.30. The van der Waals surface area contributed by atoms with E-state index >= 15 is 0 Å². The van der Waals surface area contributed by atoms with Gasteiger partial charge in [0.2, 0.25) is 0 Å². The van der Waals surface area contributed by atoms with Gasteiger partial charge in [-0.15, -0.1) is 5.10 Å². The Morgan fingerprint density at radius 3 is 2.47 bits per heavy atom. The highest BCUT2D eigenvalue weighted by Gasteiger charge is 2.25. The number of imidazole rings is 1.